The number of esters is 1. The Hall–Kier alpha value is -0.270. The number of nitrogens with one attached hydrogen (secondary N) is 1. The summed E-state index contributed by atoms with van der Waals surface area (Å²) in [5.74, 6) is 0.648. The maximum absolute atomic E-state index is 11.5. The number of unbranched alkanes of at least 4 members (excludes halogenated alkanes) is 1. The number of carbonyl (C=O) groups is 1. The lowest BCUT2D eigenvalue weighted by Gasteiger charge is -2.05. The summed E-state index contributed by atoms with van der Waals surface area (Å²) in [5, 5.41) is 0. The van der Waals surface area contributed by atoms with Crippen LogP contribution in [0.3, 0.4) is 0 Å². The van der Waals surface area contributed by atoms with E-state index in [1.807, 2.05) is 6.26 Å². The van der Waals surface area contributed by atoms with Gasteiger partial charge < -0.3 is 4.74 Å². The summed E-state index contributed by atoms with van der Waals surface area (Å²) in [7, 11) is -1.94. The van der Waals surface area contributed by atoms with Crippen molar-refractivity contribution in [1.82, 2.24) is 4.72 Å². The van der Waals surface area contributed by atoms with E-state index in [0.29, 0.717) is 13.0 Å². The van der Waals surface area contributed by atoms with Gasteiger partial charge in [-0.1, -0.05) is 0 Å². The SMILES string of the molecule is COC(=O)CCCS(=O)(=O)NCCCCSC. The molecule has 5 nitrogen and oxygen atoms in total. The van der Waals surface area contributed by atoms with E-state index < -0.39 is 10.0 Å². The lowest BCUT2D eigenvalue weighted by Crippen LogP contribution is -2.27. The maximum atomic E-state index is 11.5. The molecule has 0 saturated carbocycles. The number of hydrogen-bond acceptors (Lipinski definition) is 5. The molecule has 17 heavy (non-hydrogen) atoms. The Kier molecular flexibility index (Phi) is 9.57. The number of methoxy groups -OCH3 is 1. The van der Waals surface area contributed by atoms with Crippen LogP contribution in [0.4, 0.5) is 0 Å². The normalized spacial score (nSPS) is 11.4. The van der Waals surface area contributed by atoms with Gasteiger partial charge in [-0.3, -0.25) is 4.79 Å². The van der Waals surface area contributed by atoms with Crippen molar-refractivity contribution >= 4 is 27.8 Å². The maximum Gasteiger partial charge on any atom is 0.305 e. The fourth-order valence-electron chi connectivity index (χ4n) is 1.18. The molecular weight excluding hydrogens is 262 g/mol. The van der Waals surface area contributed by atoms with Gasteiger partial charge in [0.1, 0.15) is 0 Å². The van der Waals surface area contributed by atoms with Crippen LogP contribution in [0.15, 0.2) is 0 Å². The number of sulfonamides is 1. The third-order valence-electron chi connectivity index (χ3n) is 2.12. The largest absolute Gasteiger partial charge is 0.469 e. The lowest BCUT2D eigenvalue weighted by atomic mass is 10.3. The van der Waals surface area contributed by atoms with Crippen LogP contribution < -0.4 is 4.72 Å². The third-order valence-corrected chi connectivity index (χ3v) is 4.29. The molecule has 0 aliphatic carbocycles. The Morgan fingerprint density at radius 2 is 2.00 bits per heavy atom. The molecule has 0 aliphatic rings. The van der Waals surface area contributed by atoms with Crippen molar-refractivity contribution < 1.29 is 17.9 Å². The molecule has 0 aromatic heterocycles. The molecular formula is C10H21NO4S2. The van der Waals surface area contributed by atoms with Crippen LogP contribution in [-0.2, 0) is 19.6 Å². The Balaban J connectivity index is 3.62. The molecule has 0 fully saturated rings. The summed E-state index contributed by atoms with van der Waals surface area (Å²) in [4.78, 5) is 10.8. The van der Waals surface area contributed by atoms with Crippen molar-refractivity contribution in [3.05, 3.63) is 0 Å². The van der Waals surface area contributed by atoms with Crippen molar-refractivity contribution in [2.75, 3.05) is 31.4 Å². The van der Waals surface area contributed by atoms with Crippen molar-refractivity contribution in [3.63, 3.8) is 0 Å². The fourth-order valence-corrected chi connectivity index (χ4v) is 2.80. The average Bonchev–Trinajstić information content (AvgIpc) is 2.28. The van der Waals surface area contributed by atoms with E-state index in [1.54, 1.807) is 11.8 Å². The summed E-state index contributed by atoms with van der Waals surface area (Å²) in [6.45, 7) is 0.473. The predicted octanol–water partition coefficient (Wildman–Crippen LogP) is 1.00. The molecule has 0 atom stereocenters. The highest BCUT2D eigenvalue weighted by molar-refractivity contribution is 7.98. The second-order valence-corrected chi connectivity index (χ2v) is 6.50. The minimum atomic E-state index is -3.24. The van der Waals surface area contributed by atoms with E-state index in [9.17, 15) is 13.2 Å². The van der Waals surface area contributed by atoms with E-state index in [2.05, 4.69) is 9.46 Å². The first kappa shape index (κ1) is 16.7. The molecule has 0 aliphatic heterocycles. The summed E-state index contributed by atoms with van der Waals surface area (Å²) in [6, 6.07) is 0. The number of carbonyl (C=O) groups excluding carboxylic acids is 1. The molecule has 0 aromatic rings. The topological polar surface area (TPSA) is 72.5 Å². The van der Waals surface area contributed by atoms with E-state index >= 15 is 0 Å². The quantitative estimate of drug-likeness (QED) is 0.478. The Labute approximate surface area is 108 Å². The molecule has 0 heterocycles. The van der Waals surface area contributed by atoms with Crippen molar-refractivity contribution in [2.45, 2.75) is 25.7 Å². The van der Waals surface area contributed by atoms with Gasteiger partial charge in [-0.05, 0) is 31.3 Å². The first-order valence-corrected chi connectivity index (χ1v) is 8.59. The zero-order valence-corrected chi connectivity index (χ0v) is 12.0. The van der Waals surface area contributed by atoms with Crippen LogP contribution in [0.1, 0.15) is 25.7 Å². The first-order chi connectivity index (χ1) is 8.02. The molecule has 0 rings (SSSR count). The molecule has 7 heteroatoms. The molecule has 0 saturated heterocycles. The number of hydrogen-bond donors (Lipinski definition) is 1. The molecule has 0 spiro atoms. The highest BCUT2D eigenvalue weighted by Crippen LogP contribution is 2.00. The van der Waals surface area contributed by atoms with Gasteiger partial charge in [-0.25, -0.2) is 13.1 Å². The molecule has 0 bridgehead atoms. The van der Waals surface area contributed by atoms with Gasteiger partial charge in [0.15, 0.2) is 0 Å². The van der Waals surface area contributed by atoms with Crippen molar-refractivity contribution in [3.8, 4) is 0 Å². The first-order valence-electron chi connectivity index (χ1n) is 5.55. The fraction of sp³-hybridized carbons (Fsp3) is 0.900. The highest BCUT2D eigenvalue weighted by atomic mass is 32.2. The minimum absolute atomic E-state index is 0.0232. The van der Waals surface area contributed by atoms with Crippen LogP contribution in [-0.4, -0.2) is 45.8 Å². The van der Waals surface area contributed by atoms with Gasteiger partial charge in [0.25, 0.3) is 0 Å². The summed E-state index contributed by atoms with van der Waals surface area (Å²) >= 11 is 1.75. The Morgan fingerprint density at radius 1 is 1.29 bits per heavy atom. The molecule has 1 N–H and O–H groups in total. The second kappa shape index (κ2) is 9.73. The zero-order valence-electron chi connectivity index (χ0n) is 10.4. The Bertz CT molecular complexity index is 303. The Morgan fingerprint density at radius 3 is 2.59 bits per heavy atom. The van der Waals surface area contributed by atoms with E-state index in [1.165, 1.54) is 7.11 Å². The van der Waals surface area contributed by atoms with Crippen LogP contribution in [0.2, 0.25) is 0 Å². The van der Waals surface area contributed by atoms with Crippen molar-refractivity contribution in [1.29, 1.82) is 0 Å². The van der Waals surface area contributed by atoms with Gasteiger partial charge in [0, 0.05) is 13.0 Å². The van der Waals surface area contributed by atoms with Crippen LogP contribution in [0.5, 0.6) is 0 Å². The molecule has 0 unspecified atom stereocenters. The molecule has 0 radical (unpaired) electrons. The van der Waals surface area contributed by atoms with E-state index in [0.717, 1.165) is 18.6 Å². The van der Waals surface area contributed by atoms with Gasteiger partial charge in [-0.2, -0.15) is 11.8 Å². The molecule has 102 valence electrons. The smallest absolute Gasteiger partial charge is 0.305 e. The van der Waals surface area contributed by atoms with Crippen LogP contribution in [0, 0.1) is 0 Å². The number of thioether (sulfide) groups is 1. The van der Waals surface area contributed by atoms with Gasteiger partial charge in [0.2, 0.25) is 10.0 Å². The monoisotopic (exact) mass is 283 g/mol. The van der Waals surface area contributed by atoms with E-state index in [4.69, 9.17) is 0 Å². The van der Waals surface area contributed by atoms with Crippen LogP contribution in [0.25, 0.3) is 0 Å². The zero-order chi connectivity index (χ0) is 13.1. The van der Waals surface area contributed by atoms with Gasteiger partial charge in [-0.15, -0.1) is 0 Å². The van der Waals surface area contributed by atoms with Crippen LogP contribution >= 0.6 is 11.8 Å². The van der Waals surface area contributed by atoms with Crippen molar-refractivity contribution in [2.24, 2.45) is 0 Å². The lowest BCUT2D eigenvalue weighted by molar-refractivity contribution is -0.140. The van der Waals surface area contributed by atoms with Gasteiger partial charge in [0.05, 0.1) is 12.9 Å². The van der Waals surface area contributed by atoms with Gasteiger partial charge >= 0.3 is 5.97 Å². The standard InChI is InChI=1S/C10H21NO4S2/c1-15-10(12)6-5-9-17(13,14)11-7-3-4-8-16-2/h11H,3-9H2,1-2H3. The number of rotatable bonds is 10. The predicted molar refractivity (Wildman–Crippen MR) is 70.7 cm³/mol. The molecule has 0 amide bonds. The summed E-state index contributed by atoms with van der Waals surface area (Å²) < 4.78 is 29.9. The summed E-state index contributed by atoms with van der Waals surface area (Å²) in [5.41, 5.74) is 0. The number of ether oxygens (including phenoxy) is 1. The molecule has 0 aromatic carbocycles. The average molecular weight is 283 g/mol. The second-order valence-electron chi connectivity index (χ2n) is 3.59. The minimum Gasteiger partial charge on any atom is -0.469 e. The van der Waals surface area contributed by atoms with E-state index in [-0.39, 0.29) is 18.1 Å². The third kappa shape index (κ3) is 10.6. The summed E-state index contributed by atoms with van der Waals surface area (Å²) in [6.07, 6.45) is 4.32. The highest BCUT2D eigenvalue weighted by Gasteiger charge is 2.10.